The highest BCUT2D eigenvalue weighted by atomic mass is 32.2. The number of thioether (sulfide) groups is 1. The molecule has 18 heavy (non-hydrogen) atoms. The van der Waals surface area contributed by atoms with Gasteiger partial charge in [-0.25, -0.2) is 9.78 Å². The van der Waals surface area contributed by atoms with Gasteiger partial charge in [0.2, 0.25) is 5.91 Å². The minimum absolute atomic E-state index is 0.0402. The number of rotatable bonds is 6. The van der Waals surface area contributed by atoms with Gasteiger partial charge in [-0.1, -0.05) is 0 Å². The van der Waals surface area contributed by atoms with Gasteiger partial charge < -0.3 is 10.4 Å². The van der Waals surface area contributed by atoms with E-state index in [0.717, 1.165) is 17.1 Å². The molecule has 0 radical (unpaired) electrons. The molecule has 0 aliphatic rings. The van der Waals surface area contributed by atoms with Crippen molar-refractivity contribution in [2.45, 2.75) is 26.3 Å². The highest BCUT2D eigenvalue weighted by Crippen LogP contribution is 2.23. The fourth-order valence-corrected chi connectivity index (χ4v) is 2.67. The number of carbonyl (C=O) groups excluding carboxylic acids is 1. The lowest BCUT2D eigenvalue weighted by Gasteiger charge is -2.10. The van der Waals surface area contributed by atoms with Crippen LogP contribution in [0.4, 0.5) is 0 Å². The number of nitrogens with one attached hydrogen (secondary N) is 1. The third-order valence-electron chi connectivity index (χ3n) is 2.29. The maximum atomic E-state index is 11.5. The molecule has 7 heteroatoms. The maximum Gasteiger partial charge on any atom is 0.347 e. The number of carbonyl (C=O) groups is 2. The summed E-state index contributed by atoms with van der Waals surface area (Å²) in [4.78, 5) is 26.9. The molecule has 2 N–H and O–H groups in total. The number of aryl methyl sites for hydroxylation is 1. The fourth-order valence-electron chi connectivity index (χ4n) is 1.37. The molecule has 0 aromatic carbocycles. The summed E-state index contributed by atoms with van der Waals surface area (Å²) in [6.45, 7) is 3.46. The monoisotopic (exact) mass is 288 g/mol. The molecule has 0 aliphatic heterocycles. The molecule has 1 heterocycles. The Kier molecular flexibility index (Phi) is 5.61. The molecule has 1 aromatic heterocycles. The predicted octanol–water partition coefficient (Wildman–Crippen LogP) is 2.08. The highest BCUT2D eigenvalue weighted by molar-refractivity contribution is 7.98. The van der Waals surface area contributed by atoms with E-state index >= 15 is 0 Å². The Balaban J connectivity index is 2.67. The number of hydrogen-bond donors (Lipinski definition) is 2. The molecule has 100 valence electrons. The number of aromatic nitrogens is 1. The van der Waals surface area contributed by atoms with Crippen LogP contribution in [-0.2, 0) is 4.79 Å². The summed E-state index contributed by atoms with van der Waals surface area (Å²) < 4.78 is 0. The molecular weight excluding hydrogens is 272 g/mol. The highest BCUT2D eigenvalue weighted by Gasteiger charge is 2.18. The zero-order chi connectivity index (χ0) is 13.7. The standard InChI is InChI=1S/C11H16N2O3S2/c1-6-9(11(15)16)18-10(13-6)7(2)12-8(14)4-5-17-3/h7H,4-5H2,1-3H3,(H,12,14)(H,15,16). The molecular formula is C11H16N2O3S2. The number of carboxylic acid groups (broad SMARTS) is 1. The molecule has 5 nitrogen and oxygen atoms in total. The summed E-state index contributed by atoms with van der Waals surface area (Å²) in [6, 6.07) is -0.254. The van der Waals surface area contributed by atoms with Gasteiger partial charge in [-0.3, -0.25) is 4.79 Å². The van der Waals surface area contributed by atoms with Crippen LogP contribution in [0.5, 0.6) is 0 Å². The fraction of sp³-hybridized carbons (Fsp3) is 0.545. The van der Waals surface area contributed by atoms with Gasteiger partial charge in [-0.15, -0.1) is 11.3 Å². The summed E-state index contributed by atoms with van der Waals surface area (Å²) in [6.07, 6.45) is 2.40. The molecule has 1 unspecified atom stereocenters. The van der Waals surface area contributed by atoms with E-state index in [1.807, 2.05) is 6.26 Å². The normalized spacial score (nSPS) is 12.2. The van der Waals surface area contributed by atoms with Crippen LogP contribution in [0.25, 0.3) is 0 Å². The third kappa shape index (κ3) is 3.99. The van der Waals surface area contributed by atoms with Crippen LogP contribution in [0, 0.1) is 6.92 Å². The van der Waals surface area contributed by atoms with Gasteiger partial charge in [0, 0.05) is 12.2 Å². The molecule has 0 fully saturated rings. The van der Waals surface area contributed by atoms with E-state index in [1.165, 1.54) is 0 Å². The van der Waals surface area contributed by atoms with Crippen LogP contribution in [0.3, 0.4) is 0 Å². The third-order valence-corrected chi connectivity index (χ3v) is 4.23. The van der Waals surface area contributed by atoms with Gasteiger partial charge >= 0.3 is 5.97 Å². The number of nitrogens with zero attached hydrogens (tertiary/aromatic N) is 1. The molecule has 0 spiro atoms. The van der Waals surface area contributed by atoms with E-state index in [9.17, 15) is 9.59 Å². The van der Waals surface area contributed by atoms with Crippen LogP contribution in [0.1, 0.15) is 39.8 Å². The smallest absolute Gasteiger partial charge is 0.347 e. The minimum Gasteiger partial charge on any atom is -0.477 e. The first kappa shape index (κ1) is 15.0. The molecule has 0 saturated carbocycles. The van der Waals surface area contributed by atoms with E-state index in [-0.39, 0.29) is 16.8 Å². The second-order valence-electron chi connectivity index (χ2n) is 3.80. The van der Waals surface area contributed by atoms with Crippen molar-refractivity contribution in [2.75, 3.05) is 12.0 Å². The van der Waals surface area contributed by atoms with Crippen molar-refractivity contribution in [3.05, 3.63) is 15.6 Å². The second-order valence-corrected chi connectivity index (χ2v) is 5.82. The number of amides is 1. The van der Waals surface area contributed by atoms with E-state index in [2.05, 4.69) is 10.3 Å². The molecule has 0 bridgehead atoms. The molecule has 0 aliphatic carbocycles. The van der Waals surface area contributed by atoms with E-state index in [0.29, 0.717) is 17.1 Å². The maximum absolute atomic E-state index is 11.5. The van der Waals surface area contributed by atoms with Crippen LogP contribution < -0.4 is 5.32 Å². The number of carboxylic acids is 1. The van der Waals surface area contributed by atoms with Crippen molar-refractivity contribution in [1.82, 2.24) is 10.3 Å². The van der Waals surface area contributed by atoms with Crippen LogP contribution in [0.2, 0.25) is 0 Å². The Bertz CT molecular complexity index is 445. The Morgan fingerprint density at radius 1 is 1.56 bits per heavy atom. The Hall–Kier alpha value is -1.08. The Morgan fingerprint density at radius 3 is 2.72 bits per heavy atom. The van der Waals surface area contributed by atoms with Crippen LogP contribution in [0.15, 0.2) is 0 Å². The zero-order valence-electron chi connectivity index (χ0n) is 10.5. The van der Waals surface area contributed by atoms with Crippen molar-refractivity contribution in [3.63, 3.8) is 0 Å². The molecule has 1 rings (SSSR count). The van der Waals surface area contributed by atoms with Gasteiger partial charge in [0.1, 0.15) is 9.88 Å². The second kappa shape index (κ2) is 6.75. The van der Waals surface area contributed by atoms with Crippen molar-refractivity contribution in [3.8, 4) is 0 Å². The summed E-state index contributed by atoms with van der Waals surface area (Å²) in [7, 11) is 0. The van der Waals surface area contributed by atoms with E-state index in [4.69, 9.17) is 5.11 Å². The van der Waals surface area contributed by atoms with Gasteiger partial charge in [-0.2, -0.15) is 11.8 Å². The zero-order valence-corrected chi connectivity index (χ0v) is 12.2. The first-order valence-electron chi connectivity index (χ1n) is 5.44. The van der Waals surface area contributed by atoms with Gasteiger partial charge in [0.05, 0.1) is 11.7 Å². The summed E-state index contributed by atoms with van der Waals surface area (Å²) >= 11 is 2.72. The average Bonchev–Trinajstić information content (AvgIpc) is 2.68. The summed E-state index contributed by atoms with van der Waals surface area (Å²) in [5.74, 6) is -0.241. The van der Waals surface area contributed by atoms with Crippen LogP contribution >= 0.6 is 23.1 Å². The quantitative estimate of drug-likeness (QED) is 0.838. The average molecular weight is 288 g/mol. The molecule has 0 saturated heterocycles. The first-order chi connectivity index (χ1) is 8.45. The van der Waals surface area contributed by atoms with E-state index in [1.54, 1.807) is 25.6 Å². The van der Waals surface area contributed by atoms with Crippen molar-refractivity contribution < 1.29 is 14.7 Å². The van der Waals surface area contributed by atoms with Crippen molar-refractivity contribution in [1.29, 1.82) is 0 Å². The number of thiazole rings is 1. The summed E-state index contributed by atoms with van der Waals surface area (Å²) in [5, 5.41) is 12.4. The minimum atomic E-state index is -0.975. The predicted molar refractivity (Wildman–Crippen MR) is 73.4 cm³/mol. The number of hydrogen-bond acceptors (Lipinski definition) is 5. The molecule has 1 atom stereocenters. The molecule has 1 aromatic rings. The van der Waals surface area contributed by atoms with Crippen molar-refractivity contribution in [2.24, 2.45) is 0 Å². The topological polar surface area (TPSA) is 79.3 Å². The largest absolute Gasteiger partial charge is 0.477 e. The summed E-state index contributed by atoms with van der Waals surface area (Å²) in [5.41, 5.74) is 0.493. The van der Waals surface area contributed by atoms with Gasteiger partial charge in [0.15, 0.2) is 0 Å². The molecule has 1 amide bonds. The SMILES string of the molecule is CSCCC(=O)NC(C)c1nc(C)c(C(=O)O)s1. The van der Waals surface area contributed by atoms with Crippen molar-refractivity contribution >= 4 is 35.0 Å². The van der Waals surface area contributed by atoms with Crippen LogP contribution in [-0.4, -0.2) is 34.0 Å². The first-order valence-corrected chi connectivity index (χ1v) is 7.65. The lowest BCUT2D eigenvalue weighted by molar-refractivity contribution is -0.121. The lowest BCUT2D eigenvalue weighted by Crippen LogP contribution is -2.26. The number of aromatic carboxylic acids is 1. The van der Waals surface area contributed by atoms with E-state index < -0.39 is 5.97 Å². The van der Waals surface area contributed by atoms with Gasteiger partial charge in [0.25, 0.3) is 0 Å². The van der Waals surface area contributed by atoms with Gasteiger partial charge in [-0.05, 0) is 20.1 Å². The lowest BCUT2D eigenvalue weighted by atomic mass is 10.3. The Labute approximate surface area is 114 Å². The Morgan fingerprint density at radius 2 is 2.22 bits per heavy atom.